The topological polar surface area (TPSA) is 69.4 Å². The van der Waals surface area contributed by atoms with Gasteiger partial charge in [0.25, 0.3) is 0 Å². The van der Waals surface area contributed by atoms with Gasteiger partial charge in [0.1, 0.15) is 11.9 Å². The second-order valence-corrected chi connectivity index (χ2v) is 6.08. The SMILES string of the molecule is CCNC(=NCc1ccc(C#N)cc1)NCC(C)Oc1ccccc1C.I. The number of aliphatic imine (C=N–C) groups is 1. The predicted molar refractivity (Wildman–Crippen MR) is 121 cm³/mol. The van der Waals surface area contributed by atoms with E-state index in [9.17, 15) is 0 Å². The lowest BCUT2D eigenvalue weighted by molar-refractivity contribution is 0.222. The van der Waals surface area contributed by atoms with Crippen LogP contribution in [0.15, 0.2) is 53.5 Å². The number of para-hydroxylation sites is 1. The number of nitriles is 1. The first kappa shape index (κ1) is 22.8. The molecule has 0 aromatic heterocycles. The van der Waals surface area contributed by atoms with Crippen molar-refractivity contribution in [3.8, 4) is 11.8 Å². The van der Waals surface area contributed by atoms with E-state index >= 15 is 0 Å². The first-order valence-electron chi connectivity index (χ1n) is 8.86. The molecule has 0 spiro atoms. The van der Waals surface area contributed by atoms with Crippen molar-refractivity contribution in [3.63, 3.8) is 0 Å². The molecule has 5 nitrogen and oxygen atoms in total. The molecule has 0 bridgehead atoms. The van der Waals surface area contributed by atoms with Crippen molar-refractivity contribution in [2.75, 3.05) is 13.1 Å². The molecule has 2 aromatic carbocycles. The maximum atomic E-state index is 8.85. The van der Waals surface area contributed by atoms with Crippen LogP contribution < -0.4 is 15.4 Å². The van der Waals surface area contributed by atoms with Crippen molar-refractivity contribution in [2.24, 2.45) is 4.99 Å². The highest BCUT2D eigenvalue weighted by atomic mass is 127. The summed E-state index contributed by atoms with van der Waals surface area (Å²) in [5, 5.41) is 15.4. The second kappa shape index (κ2) is 12.2. The molecule has 0 aliphatic rings. The summed E-state index contributed by atoms with van der Waals surface area (Å²) in [7, 11) is 0. The fraction of sp³-hybridized carbons (Fsp3) is 0.333. The van der Waals surface area contributed by atoms with E-state index in [-0.39, 0.29) is 30.1 Å². The van der Waals surface area contributed by atoms with Gasteiger partial charge in [-0.05, 0) is 50.1 Å². The summed E-state index contributed by atoms with van der Waals surface area (Å²) in [6.07, 6.45) is 0.00914. The predicted octanol–water partition coefficient (Wildman–Crippen LogP) is 4.01. The summed E-state index contributed by atoms with van der Waals surface area (Å²) in [4.78, 5) is 4.59. The summed E-state index contributed by atoms with van der Waals surface area (Å²) in [5.74, 6) is 1.65. The van der Waals surface area contributed by atoms with Gasteiger partial charge in [-0.3, -0.25) is 0 Å². The van der Waals surface area contributed by atoms with E-state index in [1.165, 1.54) is 0 Å². The highest BCUT2D eigenvalue weighted by molar-refractivity contribution is 14.0. The maximum absolute atomic E-state index is 8.85. The molecule has 1 atom stereocenters. The van der Waals surface area contributed by atoms with Crippen LogP contribution in [0.3, 0.4) is 0 Å². The number of halogens is 1. The minimum atomic E-state index is 0. The third-order valence-corrected chi connectivity index (χ3v) is 3.83. The van der Waals surface area contributed by atoms with Crippen LogP contribution in [0, 0.1) is 18.3 Å². The van der Waals surface area contributed by atoms with E-state index in [1.54, 1.807) is 0 Å². The second-order valence-electron chi connectivity index (χ2n) is 6.08. The van der Waals surface area contributed by atoms with E-state index in [0.29, 0.717) is 18.7 Å². The van der Waals surface area contributed by atoms with Crippen molar-refractivity contribution in [3.05, 3.63) is 65.2 Å². The Morgan fingerprint density at radius 3 is 2.48 bits per heavy atom. The Morgan fingerprint density at radius 1 is 1.15 bits per heavy atom. The number of nitrogens with zero attached hydrogens (tertiary/aromatic N) is 2. The number of hydrogen-bond donors (Lipinski definition) is 2. The molecule has 0 aliphatic heterocycles. The van der Waals surface area contributed by atoms with Gasteiger partial charge in [0.05, 0.1) is 24.7 Å². The Morgan fingerprint density at radius 2 is 1.85 bits per heavy atom. The molecule has 6 heteroatoms. The lowest BCUT2D eigenvalue weighted by Gasteiger charge is -2.18. The molecule has 0 heterocycles. The molecular weight excluding hydrogens is 451 g/mol. The van der Waals surface area contributed by atoms with Crippen molar-refractivity contribution in [1.82, 2.24) is 10.6 Å². The van der Waals surface area contributed by atoms with Crippen molar-refractivity contribution in [1.29, 1.82) is 5.26 Å². The Hall–Kier alpha value is -2.27. The normalized spacial score (nSPS) is 11.7. The standard InChI is InChI=1S/C21H26N4O.HI/c1-4-23-21(25-15-19-11-9-18(13-22)10-12-19)24-14-17(3)26-20-8-6-5-7-16(20)2;/h5-12,17H,4,14-15H2,1-3H3,(H2,23,24,25);1H. The number of ether oxygens (including phenoxy) is 1. The number of benzene rings is 2. The number of hydrogen-bond acceptors (Lipinski definition) is 3. The number of rotatable bonds is 7. The Bertz CT molecular complexity index is 768. The molecule has 2 rings (SSSR count). The molecular formula is C21H27IN4O. The molecule has 0 aliphatic carbocycles. The van der Waals surface area contributed by atoms with Crippen molar-refractivity contribution in [2.45, 2.75) is 33.4 Å². The molecule has 2 N–H and O–H groups in total. The van der Waals surface area contributed by atoms with Crippen LogP contribution in [0.5, 0.6) is 5.75 Å². The summed E-state index contributed by atoms with van der Waals surface area (Å²) in [6, 6.07) is 17.6. The Balaban J connectivity index is 0.00000364. The summed E-state index contributed by atoms with van der Waals surface area (Å²) in [5.41, 5.74) is 2.84. The summed E-state index contributed by atoms with van der Waals surface area (Å²) >= 11 is 0. The van der Waals surface area contributed by atoms with E-state index in [2.05, 4.69) is 21.7 Å². The van der Waals surface area contributed by atoms with Crippen molar-refractivity contribution >= 4 is 29.9 Å². The third kappa shape index (κ3) is 7.87. The highest BCUT2D eigenvalue weighted by Crippen LogP contribution is 2.17. The Kier molecular flexibility index (Phi) is 10.3. The molecule has 0 radical (unpaired) electrons. The lowest BCUT2D eigenvalue weighted by atomic mass is 10.1. The van der Waals surface area contributed by atoms with Gasteiger partial charge in [-0.1, -0.05) is 30.3 Å². The molecule has 0 amide bonds. The minimum Gasteiger partial charge on any atom is -0.489 e. The van der Waals surface area contributed by atoms with Gasteiger partial charge in [0, 0.05) is 6.54 Å². The van der Waals surface area contributed by atoms with Gasteiger partial charge in [-0.25, -0.2) is 4.99 Å². The fourth-order valence-corrected chi connectivity index (χ4v) is 2.38. The fourth-order valence-electron chi connectivity index (χ4n) is 2.38. The van der Waals surface area contributed by atoms with Crippen LogP contribution in [-0.4, -0.2) is 25.2 Å². The van der Waals surface area contributed by atoms with Crippen molar-refractivity contribution < 1.29 is 4.74 Å². The van der Waals surface area contributed by atoms with Gasteiger partial charge in [0.2, 0.25) is 0 Å². The molecule has 2 aromatic rings. The quantitative estimate of drug-likeness (QED) is 0.359. The van der Waals surface area contributed by atoms with Crippen LogP contribution >= 0.6 is 24.0 Å². The van der Waals surface area contributed by atoms with Crippen LogP contribution in [-0.2, 0) is 6.54 Å². The molecule has 1 unspecified atom stereocenters. The third-order valence-electron chi connectivity index (χ3n) is 3.83. The minimum absolute atomic E-state index is 0. The zero-order chi connectivity index (χ0) is 18.8. The van der Waals surface area contributed by atoms with E-state index in [1.807, 2.05) is 69.3 Å². The first-order valence-corrected chi connectivity index (χ1v) is 8.86. The van der Waals surface area contributed by atoms with Gasteiger partial charge < -0.3 is 15.4 Å². The van der Waals surface area contributed by atoms with Gasteiger partial charge >= 0.3 is 0 Å². The van der Waals surface area contributed by atoms with Gasteiger partial charge in [-0.15, -0.1) is 24.0 Å². The number of nitrogens with one attached hydrogen (secondary N) is 2. The van der Waals surface area contributed by atoms with E-state index < -0.39 is 0 Å². The monoisotopic (exact) mass is 478 g/mol. The van der Waals surface area contributed by atoms with Crippen LogP contribution in [0.2, 0.25) is 0 Å². The average Bonchev–Trinajstić information content (AvgIpc) is 2.66. The van der Waals surface area contributed by atoms with Crippen LogP contribution in [0.4, 0.5) is 0 Å². The average molecular weight is 478 g/mol. The molecule has 27 heavy (non-hydrogen) atoms. The van der Waals surface area contributed by atoms with Gasteiger partial charge in [0.15, 0.2) is 5.96 Å². The van der Waals surface area contributed by atoms with E-state index in [0.717, 1.165) is 29.4 Å². The number of guanidine groups is 1. The van der Waals surface area contributed by atoms with E-state index in [4.69, 9.17) is 10.00 Å². The summed E-state index contributed by atoms with van der Waals surface area (Å²) < 4.78 is 5.99. The Labute approximate surface area is 178 Å². The molecule has 0 saturated carbocycles. The number of aryl methyl sites for hydroxylation is 1. The lowest BCUT2D eigenvalue weighted by Crippen LogP contribution is -2.41. The van der Waals surface area contributed by atoms with Crippen LogP contribution in [0.25, 0.3) is 0 Å². The molecule has 144 valence electrons. The highest BCUT2D eigenvalue weighted by Gasteiger charge is 2.07. The molecule has 0 fully saturated rings. The zero-order valence-corrected chi connectivity index (χ0v) is 18.4. The zero-order valence-electron chi connectivity index (χ0n) is 16.0. The summed E-state index contributed by atoms with van der Waals surface area (Å²) in [6.45, 7) is 8.09. The first-order chi connectivity index (χ1) is 12.6. The smallest absolute Gasteiger partial charge is 0.191 e. The van der Waals surface area contributed by atoms with Gasteiger partial charge in [-0.2, -0.15) is 5.26 Å². The largest absolute Gasteiger partial charge is 0.489 e. The maximum Gasteiger partial charge on any atom is 0.191 e. The molecule has 0 saturated heterocycles. The van der Waals surface area contributed by atoms with Crippen LogP contribution in [0.1, 0.15) is 30.5 Å².